The third kappa shape index (κ3) is 3.58. The Morgan fingerprint density at radius 1 is 1.12 bits per heavy atom. The van der Waals surface area contributed by atoms with E-state index >= 15 is 0 Å². The summed E-state index contributed by atoms with van der Waals surface area (Å²) in [5.41, 5.74) is -0.970. The fraction of sp³-hybridized carbons (Fsp3) is 0.0714. The number of nitro benzene ring substituents is 2. The van der Waals surface area contributed by atoms with Crippen LogP contribution in [0.25, 0.3) is 0 Å². The maximum absolute atomic E-state index is 12.3. The lowest BCUT2D eigenvalue weighted by Gasteiger charge is -2.08. The van der Waals surface area contributed by atoms with E-state index in [-0.39, 0.29) is 33.4 Å². The standard InChI is InChI=1S/C14H10ClN3O6/c1-24-9-3-5-12(13(7-9)18(22)23)16-14(19)10-6-8(17(20)21)2-4-11(10)15/h2-7H,1H3,(H,16,19). The fourth-order valence-corrected chi connectivity index (χ4v) is 2.09. The molecular formula is C14H10ClN3O6. The Hall–Kier alpha value is -3.20. The van der Waals surface area contributed by atoms with Gasteiger partial charge in [-0.1, -0.05) is 11.6 Å². The molecule has 124 valence electrons. The Balaban J connectivity index is 2.38. The van der Waals surface area contributed by atoms with Gasteiger partial charge in [-0.2, -0.15) is 0 Å². The monoisotopic (exact) mass is 351 g/mol. The van der Waals surface area contributed by atoms with E-state index in [1.165, 1.54) is 25.3 Å². The minimum absolute atomic E-state index is 0.0192. The number of benzene rings is 2. The van der Waals surface area contributed by atoms with Crippen LogP contribution >= 0.6 is 11.6 Å². The molecule has 0 saturated heterocycles. The first-order valence-electron chi connectivity index (χ1n) is 6.41. The Kier molecular flexibility index (Phi) is 4.95. The second kappa shape index (κ2) is 6.92. The molecule has 9 nitrogen and oxygen atoms in total. The van der Waals surface area contributed by atoms with Gasteiger partial charge in [0.15, 0.2) is 0 Å². The van der Waals surface area contributed by atoms with E-state index in [0.717, 1.165) is 18.2 Å². The number of halogens is 1. The Labute approximate surface area is 140 Å². The number of hydrogen-bond donors (Lipinski definition) is 1. The Morgan fingerprint density at radius 3 is 2.42 bits per heavy atom. The van der Waals surface area contributed by atoms with Gasteiger partial charge in [-0.25, -0.2) is 0 Å². The maximum atomic E-state index is 12.3. The molecule has 0 aliphatic rings. The average molecular weight is 352 g/mol. The van der Waals surface area contributed by atoms with Gasteiger partial charge in [0.2, 0.25) is 0 Å². The summed E-state index contributed by atoms with van der Waals surface area (Å²) in [5.74, 6) is -0.565. The molecule has 0 aliphatic heterocycles. The third-order valence-corrected chi connectivity index (χ3v) is 3.38. The molecular weight excluding hydrogens is 342 g/mol. The van der Waals surface area contributed by atoms with Crippen molar-refractivity contribution in [1.82, 2.24) is 0 Å². The van der Waals surface area contributed by atoms with E-state index in [2.05, 4.69) is 5.32 Å². The highest BCUT2D eigenvalue weighted by Crippen LogP contribution is 2.30. The van der Waals surface area contributed by atoms with E-state index in [1.807, 2.05) is 0 Å². The van der Waals surface area contributed by atoms with Crippen molar-refractivity contribution < 1.29 is 19.4 Å². The summed E-state index contributed by atoms with van der Waals surface area (Å²) in [5, 5.41) is 24.2. The number of hydrogen-bond acceptors (Lipinski definition) is 6. The van der Waals surface area contributed by atoms with Crippen LogP contribution < -0.4 is 10.1 Å². The molecule has 2 rings (SSSR count). The minimum Gasteiger partial charge on any atom is -0.496 e. The summed E-state index contributed by atoms with van der Waals surface area (Å²) in [6, 6.07) is 7.21. The smallest absolute Gasteiger partial charge is 0.296 e. The lowest BCUT2D eigenvalue weighted by Crippen LogP contribution is -2.14. The number of ether oxygens (including phenoxy) is 1. The largest absolute Gasteiger partial charge is 0.496 e. The van der Waals surface area contributed by atoms with Gasteiger partial charge >= 0.3 is 0 Å². The molecule has 0 fully saturated rings. The molecule has 0 aliphatic carbocycles. The third-order valence-electron chi connectivity index (χ3n) is 3.06. The topological polar surface area (TPSA) is 125 Å². The van der Waals surface area contributed by atoms with Crippen LogP contribution in [0.2, 0.25) is 5.02 Å². The molecule has 0 spiro atoms. The van der Waals surface area contributed by atoms with Crippen LogP contribution in [0.15, 0.2) is 36.4 Å². The number of anilines is 1. The predicted octanol–water partition coefficient (Wildman–Crippen LogP) is 3.42. The van der Waals surface area contributed by atoms with Crippen molar-refractivity contribution in [2.45, 2.75) is 0 Å². The molecule has 2 aromatic carbocycles. The first-order valence-corrected chi connectivity index (χ1v) is 6.79. The van der Waals surface area contributed by atoms with Gasteiger partial charge < -0.3 is 10.1 Å². The van der Waals surface area contributed by atoms with Crippen LogP contribution in [0.1, 0.15) is 10.4 Å². The second-order valence-electron chi connectivity index (χ2n) is 4.52. The van der Waals surface area contributed by atoms with Crippen molar-refractivity contribution in [3.05, 3.63) is 67.2 Å². The molecule has 0 heterocycles. The second-order valence-corrected chi connectivity index (χ2v) is 4.92. The SMILES string of the molecule is COc1ccc(NC(=O)c2cc([N+](=O)[O-])ccc2Cl)c([N+](=O)[O-])c1. The van der Waals surface area contributed by atoms with Crippen molar-refractivity contribution in [3.63, 3.8) is 0 Å². The number of rotatable bonds is 5. The van der Waals surface area contributed by atoms with E-state index in [1.54, 1.807) is 0 Å². The molecule has 24 heavy (non-hydrogen) atoms. The molecule has 0 aromatic heterocycles. The summed E-state index contributed by atoms with van der Waals surface area (Å²) < 4.78 is 4.90. The molecule has 1 N–H and O–H groups in total. The first-order chi connectivity index (χ1) is 11.3. The summed E-state index contributed by atoms with van der Waals surface area (Å²) in [4.78, 5) is 32.8. The number of carbonyl (C=O) groups excluding carboxylic acids is 1. The Bertz CT molecular complexity index is 839. The van der Waals surface area contributed by atoms with Gasteiger partial charge in [-0.15, -0.1) is 0 Å². The molecule has 10 heteroatoms. The van der Waals surface area contributed by atoms with Crippen molar-refractivity contribution in [2.75, 3.05) is 12.4 Å². The number of non-ortho nitro benzene ring substituents is 1. The number of nitrogens with zero attached hydrogens (tertiary/aromatic N) is 2. The minimum atomic E-state index is -0.808. The highest BCUT2D eigenvalue weighted by Gasteiger charge is 2.21. The predicted molar refractivity (Wildman–Crippen MR) is 85.7 cm³/mol. The van der Waals surface area contributed by atoms with E-state index in [0.29, 0.717) is 0 Å². The number of methoxy groups -OCH3 is 1. The van der Waals surface area contributed by atoms with Gasteiger partial charge in [0, 0.05) is 12.1 Å². The normalized spacial score (nSPS) is 10.1. The quantitative estimate of drug-likeness (QED) is 0.650. The Morgan fingerprint density at radius 2 is 1.83 bits per heavy atom. The van der Waals surface area contributed by atoms with Crippen LogP contribution in [-0.4, -0.2) is 22.9 Å². The summed E-state index contributed by atoms with van der Waals surface area (Å²) >= 11 is 5.87. The molecule has 0 bridgehead atoms. The van der Waals surface area contributed by atoms with Crippen LogP contribution in [0.4, 0.5) is 17.1 Å². The highest BCUT2D eigenvalue weighted by atomic mass is 35.5. The summed E-state index contributed by atoms with van der Waals surface area (Å²) in [6.07, 6.45) is 0. The first kappa shape index (κ1) is 17.2. The van der Waals surface area contributed by atoms with Gasteiger partial charge in [0.1, 0.15) is 11.4 Å². The van der Waals surface area contributed by atoms with Crippen LogP contribution in [0.5, 0.6) is 5.75 Å². The zero-order valence-corrected chi connectivity index (χ0v) is 12.9. The summed E-state index contributed by atoms with van der Waals surface area (Å²) in [7, 11) is 1.35. The van der Waals surface area contributed by atoms with Gasteiger partial charge in [0.25, 0.3) is 17.3 Å². The van der Waals surface area contributed by atoms with Gasteiger partial charge in [-0.05, 0) is 18.2 Å². The van der Waals surface area contributed by atoms with Gasteiger partial charge in [0.05, 0.1) is 33.6 Å². The zero-order valence-electron chi connectivity index (χ0n) is 12.2. The number of nitro groups is 2. The van der Waals surface area contributed by atoms with E-state index in [9.17, 15) is 25.0 Å². The van der Waals surface area contributed by atoms with Crippen LogP contribution in [0, 0.1) is 20.2 Å². The van der Waals surface area contributed by atoms with Crippen molar-refractivity contribution in [3.8, 4) is 5.75 Å². The summed E-state index contributed by atoms with van der Waals surface area (Å²) in [6.45, 7) is 0. The number of carbonyl (C=O) groups is 1. The zero-order chi connectivity index (χ0) is 17.9. The van der Waals surface area contributed by atoms with Crippen molar-refractivity contribution >= 4 is 34.6 Å². The molecule has 2 aromatic rings. The van der Waals surface area contributed by atoms with Crippen molar-refractivity contribution in [2.24, 2.45) is 0 Å². The number of nitrogens with one attached hydrogen (secondary N) is 1. The molecule has 0 atom stereocenters. The molecule has 1 amide bonds. The molecule has 0 unspecified atom stereocenters. The average Bonchev–Trinajstić information content (AvgIpc) is 2.55. The van der Waals surface area contributed by atoms with Crippen LogP contribution in [-0.2, 0) is 0 Å². The van der Waals surface area contributed by atoms with E-state index in [4.69, 9.17) is 16.3 Å². The lowest BCUT2D eigenvalue weighted by molar-refractivity contribution is -0.384. The lowest BCUT2D eigenvalue weighted by atomic mass is 10.1. The highest BCUT2D eigenvalue weighted by molar-refractivity contribution is 6.34. The van der Waals surface area contributed by atoms with Gasteiger partial charge in [-0.3, -0.25) is 25.0 Å². The van der Waals surface area contributed by atoms with E-state index < -0.39 is 15.8 Å². The molecule has 0 saturated carbocycles. The molecule has 0 radical (unpaired) electrons. The van der Waals surface area contributed by atoms with Crippen LogP contribution in [0.3, 0.4) is 0 Å². The fourth-order valence-electron chi connectivity index (χ4n) is 1.89. The number of amides is 1. The maximum Gasteiger partial charge on any atom is 0.296 e. The van der Waals surface area contributed by atoms with Crippen molar-refractivity contribution in [1.29, 1.82) is 0 Å².